The second-order valence-electron chi connectivity index (χ2n) is 6.46. The Bertz CT molecular complexity index is 949. The molecule has 2 aromatic carbocycles. The van der Waals surface area contributed by atoms with Gasteiger partial charge in [0.25, 0.3) is 0 Å². The molecule has 3 aromatic rings. The van der Waals surface area contributed by atoms with Crippen LogP contribution in [0.4, 0.5) is 13.2 Å². The molecule has 1 aromatic heterocycles. The van der Waals surface area contributed by atoms with Gasteiger partial charge in [0, 0.05) is 18.7 Å². The van der Waals surface area contributed by atoms with Crippen LogP contribution in [0.1, 0.15) is 34.3 Å². The highest BCUT2D eigenvalue weighted by Crippen LogP contribution is 2.29. The van der Waals surface area contributed by atoms with E-state index in [1.165, 1.54) is 12.1 Å². The summed E-state index contributed by atoms with van der Waals surface area (Å²) in [5.41, 5.74) is 7.44. The van der Waals surface area contributed by atoms with Gasteiger partial charge in [-0.15, -0.1) is 0 Å². The summed E-state index contributed by atoms with van der Waals surface area (Å²) in [6.45, 7) is 1.48. The molecule has 1 heterocycles. The maximum Gasteiger partial charge on any atom is 0.416 e. The van der Waals surface area contributed by atoms with Gasteiger partial charge in [-0.1, -0.05) is 12.1 Å². The number of nitrogens with zero attached hydrogens (tertiary/aromatic N) is 2. The first-order valence-electron chi connectivity index (χ1n) is 8.83. The molecule has 0 saturated carbocycles. The summed E-state index contributed by atoms with van der Waals surface area (Å²) < 4.78 is 45.1. The Balaban J connectivity index is 1.43. The van der Waals surface area contributed by atoms with Crippen LogP contribution in [0.25, 0.3) is 11.0 Å². The van der Waals surface area contributed by atoms with E-state index >= 15 is 0 Å². The number of unbranched alkanes of at least 4 members (excludes halogenated alkanes) is 1. The predicted molar refractivity (Wildman–Crippen MR) is 98.6 cm³/mol. The molecule has 0 saturated heterocycles. The van der Waals surface area contributed by atoms with Crippen molar-refractivity contribution in [2.45, 2.75) is 32.2 Å². The van der Waals surface area contributed by atoms with Crippen LogP contribution in [0.3, 0.4) is 0 Å². The first-order chi connectivity index (χ1) is 13.3. The topological polar surface area (TPSA) is 70.1 Å². The molecule has 0 bridgehead atoms. The minimum atomic E-state index is -4.32. The molecule has 8 heteroatoms. The van der Waals surface area contributed by atoms with E-state index in [0.29, 0.717) is 24.3 Å². The minimum Gasteiger partial charge on any atom is -0.377 e. The first-order valence-corrected chi connectivity index (χ1v) is 8.83. The molecule has 5 nitrogen and oxygen atoms in total. The number of halogens is 3. The number of carbonyl (C=O) groups excluding carboxylic acids is 1. The third-order valence-electron chi connectivity index (χ3n) is 4.39. The van der Waals surface area contributed by atoms with Crippen LogP contribution in [0, 0.1) is 0 Å². The lowest BCUT2D eigenvalue weighted by Gasteiger charge is -2.09. The molecular weight excluding hydrogens is 371 g/mol. The monoisotopic (exact) mass is 391 g/mol. The quantitative estimate of drug-likeness (QED) is 0.587. The molecule has 0 radical (unpaired) electrons. The number of primary amides is 1. The van der Waals surface area contributed by atoms with Crippen LogP contribution in [-0.4, -0.2) is 22.1 Å². The summed E-state index contributed by atoms with van der Waals surface area (Å²) in [6, 6.07) is 10.1. The van der Waals surface area contributed by atoms with Crippen LogP contribution in [-0.2, 0) is 24.1 Å². The molecular formula is C20H20F3N3O2. The van der Waals surface area contributed by atoms with Crippen LogP contribution in [0.15, 0.2) is 48.8 Å². The van der Waals surface area contributed by atoms with Gasteiger partial charge in [0.15, 0.2) is 0 Å². The third-order valence-corrected chi connectivity index (χ3v) is 4.39. The molecule has 2 N–H and O–H groups in total. The van der Waals surface area contributed by atoms with Crippen molar-refractivity contribution >= 4 is 16.9 Å². The first kappa shape index (κ1) is 19.9. The van der Waals surface area contributed by atoms with E-state index in [2.05, 4.69) is 4.98 Å². The Morgan fingerprint density at radius 2 is 1.86 bits per heavy atom. The number of amides is 1. The van der Waals surface area contributed by atoms with Gasteiger partial charge < -0.3 is 15.0 Å². The van der Waals surface area contributed by atoms with Gasteiger partial charge >= 0.3 is 6.18 Å². The maximum atomic E-state index is 12.5. The fourth-order valence-electron chi connectivity index (χ4n) is 2.85. The predicted octanol–water partition coefficient (Wildman–Crippen LogP) is 4.15. The fourth-order valence-corrected chi connectivity index (χ4v) is 2.85. The SMILES string of the molecule is NC(=O)c1ccc2ncn(CCCCOCc3ccc(C(F)(F)F)cc3)c2c1. The van der Waals surface area contributed by atoms with Gasteiger partial charge in [0.1, 0.15) is 0 Å². The largest absolute Gasteiger partial charge is 0.416 e. The summed E-state index contributed by atoms with van der Waals surface area (Å²) in [4.78, 5) is 15.6. The molecule has 0 aliphatic rings. The Hall–Kier alpha value is -2.87. The maximum absolute atomic E-state index is 12.5. The Morgan fingerprint density at radius 3 is 2.54 bits per heavy atom. The second kappa shape index (κ2) is 8.43. The smallest absolute Gasteiger partial charge is 0.377 e. The lowest BCUT2D eigenvalue weighted by Crippen LogP contribution is -2.10. The number of nitrogens with two attached hydrogens (primary N) is 1. The number of benzene rings is 2. The van der Waals surface area contributed by atoms with Crippen LogP contribution < -0.4 is 5.73 Å². The summed E-state index contributed by atoms with van der Waals surface area (Å²) in [7, 11) is 0. The highest BCUT2D eigenvalue weighted by Gasteiger charge is 2.29. The molecule has 0 fully saturated rings. The minimum absolute atomic E-state index is 0.272. The van der Waals surface area contributed by atoms with E-state index in [0.717, 1.165) is 36.0 Å². The number of rotatable bonds is 8. The molecule has 0 unspecified atom stereocenters. The average Bonchev–Trinajstić information content (AvgIpc) is 3.06. The number of aromatic nitrogens is 2. The molecule has 3 rings (SSSR count). The van der Waals surface area contributed by atoms with Crippen molar-refractivity contribution < 1.29 is 22.7 Å². The lowest BCUT2D eigenvalue weighted by molar-refractivity contribution is -0.137. The Labute approximate surface area is 159 Å². The van der Waals surface area contributed by atoms with Crippen LogP contribution >= 0.6 is 0 Å². The van der Waals surface area contributed by atoms with Crippen LogP contribution in [0.2, 0.25) is 0 Å². The fraction of sp³-hybridized carbons (Fsp3) is 0.300. The van der Waals surface area contributed by atoms with E-state index in [1.54, 1.807) is 24.5 Å². The van der Waals surface area contributed by atoms with Gasteiger partial charge in [-0.3, -0.25) is 4.79 Å². The Kier molecular flexibility index (Phi) is 5.99. The Morgan fingerprint density at radius 1 is 1.11 bits per heavy atom. The molecule has 0 atom stereocenters. The summed E-state index contributed by atoms with van der Waals surface area (Å²) in [5.74, 6) is -0.480. The van der Waals surface area contributed by atoms with Crippen molar-refractivity contribution in [3.8, 4) is 0 Å². The number of aryl methyl sites for hydroxylation is 1. The normalized spacial score (nSPS) is 11.8. The number of hydrogen-bond acceptors (Lipinski definition) is 3. The van der Waals surface area contributed by atoms with Gasteiger partial charge in [0.2, 0.25) is 5.91 Å². The molecule has 148 valence electrons. The summed E-state index contributed by atoms with van der Waals surface area (Å²) >= 11 is 0. The van der Waals surface area contributed by atoms with Crippen LogP contribution in [0.5, 0.6) is 0 Å². The highest BCUT2D eigenvalue weighted by atomic mass is 19.4. The molecule has 0 spiro atoms. The van der Waals surface area contributed by atoms with E-state index < -0.39 is 17.6 Å². The highest BCUT2D eigenvalue weighted by molar-refractivity contribution is 5.96. The van der Waals surface area contributed by atoms with Gasteiger partial charge in [-0.25, -0.2) is 4.98 Å². The zero-order chi connectivity index (χ0) is 20.1. The van der Waals surface area contributed by atoms with Crippen molar-refractivity contribution in [3.05, 3.63) is 65.5 Å². The van der Waals surface area contributed by atoms with Crippen molar-refractivity contribution in [1.29, 1.82) is 0 Å². The number of ether oxygens (including phenoxy) is 1. The summed E-state index contributed by atoms with van der Waals surface area (Å²) in [5, 5.41) is 0. The van der Waals surface area contributed by atoms with Gasteiger partial charge in [0.05, 0.1) is 29.5 Å². The molecule has 1 amide bonds. The number of fused-ring (bicyclic) bond motifs is 1. The van der Waals surface area contributed by atoms with E-state index in [9.17, 15) is 18.0 Å². The molecule has 28 heavy (non-hydrogen) atoms. The van der Waals surface area contributed by atoms with Crippen molar-refractivity contribution in [2.75, 3.05) is 6.61 Å². The average molecular weight is 391 g/mol. The van der Waals surface area contributed by atoms with Crippen molar-refractivity contribution in [1.82, 2.24) is 9.55 Å². The number of hydrogen-bond donors (Lipinski definition) is 1. The standard InChI is InChI=1S/C20H20F3N3O2/c21-20(22,23)16-6-3-14(4-7-16)12-28-10-2-1-9-26-13-25-17-8-5-15(19(24)27)11-18(17)26/h3-8,11,13H,1-2,9-10,12H2,(H2,24,27). The van der Waals surface area contributed by atoms with E-state index in [4.69, 9.17) is 10.5 Å². The van der Waals surface area contributed by atoms with E-state index in [-0.39, 0.29) is 6.61 Å². The third kappa shape index (κ3) is 4.89. The zero-order valence-corrected chi connectivity index (χ0v) is 15.1. The van der Waals surface area contributed by atoms with Crippen molar-refractivity contribution in [2.24, 2.45) is 5.73 Å². The molecule has 0 aliphatic carbocycles. The summed E-state index contributed by atoms with van der Waals surface area (Å²) in [6.07, 6.45) is -0.983. The lowest BCUT2D eigenvalue weighted by atomic mass is 10.1. The van der Waals surface area contributed by atoms with Gasteiger partial charge in [-0.2, -0.15) is 13.2 Å². The van der Waals surface area contributed by atoms with Gasteiger partial charge in [-0.05, 0) is 48.7 Å². The number of carbonyl (C=O) groups is 1. The number of imidazole rings is 1. The van der Waals surface area contributed by atoms with E-state index in [1.807, 2.05) is 4.57 Å². The van der Waals surface area contributed by atoms with Crippen molar-refractivity contribution in [3.63, 3.8) is 0 Å². The number of alkyl halides is 3. The zero-order valence-electron chi connectivity index (χ0n) is 15.1. The second-order valence-corrected chi connectivity index (χ2v) is 6.46. The molecule has 0 aliphatic heterocycles.